The first-order chi connectivity index (χ1) is 30.9. The molecule has 4 nitrogen and oxygen atoms in total. The molecular weight excluding hydrogens is 914 g/mol. The number of aromatic hydroxyl groups is 1. The SMILES string of the molecule is [2H]C([2H])([2H])c1ccc(-c2ccnc(-c3[c-]c(-c4cccc5c4nc(-c4cc(C)cc(C(C)(C)C)c4O)n5-c4ccc(C([2H])([2H])[2H])cc4-c4ccccc4)cc(-c4ccccc4)c3)c2)cc1.[Pt]. The summed E-state index contributed by atoms with van der Waals surface area (Å²) in [7, 11) is 0. The third kappa shape index (κ3) is 7.76. The van der Waals surface area contributed by atoms with E-state index in [0.29, 0.717) is 33.8 Å². The molecule has 60 heavy (non-hydrogen) atoms. The van der Waals surface area contributed by atoms with Crippen LogP contribution in [0, 0.1) is 26.7 Å². The van der Waals surface area contributed by atoms with Gasteiger partial charge in [0.05, 0.1) is 22.3 Å². The number of aryl methyl sites for hydroxylation is 3. The smallest absolute Gasteiger partial charge is 0.148 e. The summed E-state index contributed by atoms with van der Waals surface area (Å²) in [6.45, 7) is 3.68. The van der Waals surface area contributed by atoms with Crippen LogP contribution in [0.4, 0.5) is 0 Å². The molecule has 0 radical (unpaired) electrons. The van der Waals surface area contributed by atoms with Crippen molar-refractivity contribution in [3.63, 3.8) is 0 Å². The average molecular weight is 966 g/mol. The van der Waals surface area contributed by atoms with Crippen molar-refractivity contribution >= 4 is 11.0 Å². The van der Waals surface area contributed by atoms with Gasteiger partial charge in [-0.15, -0.1) is 23.8 Å². The number of hydrogen-bond donors (Lipinski definition) is 1. The Labute approximate surface area is 376 Å². The Bertz CT molecular complexity index is 3230. The molecule has 7 aromatic carbocycles. The molecule has 9 rings (SSSR count). The molecule has 0 aliphatic rings. The molecule has 0 saturated heterocycles. The fraction of sp³-hybridized carbons (Fsp3) is 0.127. The van der Waals surface area contributed by atoms with Gasteiger partial charge in [0.15, 0.2) is 0 Å². The Kier molecular flexibility index (Phi) is 9.13. The molecule has 0 aliphatic heterocycles. The van der Waals surface area contributed by atoms with Crippen LogP contribution in [0.25, 0.3) is 83.9 Å². The topological polar surface area (TPSA) is 50.9 Å². The molecule has 2 aromatic heterocycles. The average Bonchev–Trinajstić information content (AvgIpc) is 3.68. The number of benzene rings is 7. The maximum atomic E-state index is 12.2. The van der Waals surface area contributed by atoms with Crippen LogP contribution in [0.5, 0.6) is 5.75 Å². The predicted molar refractivity (Wildman–Crippen MR) is 245 cm³/mol. The number of imidazole rings is 1. The van der Waals surface area contributed by atoms with Gasteiger partial charge in [-0.2, -0.15) is 0 Å². The van der Waals surface area contributed by atoms with Crippen LogP contribution in [-0.4, -0.2) is 19.6 Å². The summed E-state index contributed by atoms with van der Waals surface area (Å²) in [5.41, 5.74) is 12.7. The molecule has 9 aromatic rings. The molecule has 0 saturated carbocycles. The molecule has 5 heteroatoms. The maximum absolute atomic E-state index is 12.2. The minimum Gasteiger partial charge on any atom is -0.507 e. The van der Waals surface area contributed by atoms with Crippen molar-refractivity contribution in [2.75, 3.05) is 0 Å². The summed E-state index contributed by atoms with van der Waals surface area (Å²) in [6, 6.07) is 53.8. The Morgan fingerprint density at radius 1 is 0.583 bits per heavy atom. The van der Waals surface area contributed by atoms with Gasteiger partial charge in [-0.3, -0.25) is 9.55 Å². The predicted octanol–water partition coefficient (Wildman–Crippen LogP) is 14.1. The Morgan fingerprint density at radius 3 is 1.97 bits per heavy atom. The van der Waals surface area contributed by atoms with Crippen molar-refractivity contribution in [1.29, 1.82) is 0 Å². The molecule has 0 spiro atoms. The second-order valence-corrected chi connectivity index (χ2v) is 16.1. The van der Waals surface area contributed by atoms with Gasteiger partial charge >= 0.3 is 0 Å². The molecule has 0 fully saturated rings. The zero-order chi connectivity index (χ0) is 45.8. The van der Waals surface area contributed by atoms with Gasteiger partial charge in [-0.25, -0.2) is 4.98 Å². The minimum atomic E-state index is -2.35. The molecule has 0 amide bonds. The van der Waals surface area contributed by atoms with Crippen molar-refractivity contribution in [2.45, 2.75) is 46.8 Å². The summed E-state index contributed by atoms with van der Waals surface area (Å²) < 4.78 is 50.6. The normalized spacial score (nSPS) is 13.3. The Morgan fingerprint density at radius 2 is 1.25 bits per heavy atom. The number of nitrogens with zero attached hydrogens (tertiary/aromatic N) is 3. The van der Waals surface area contributed by atoms with Crippen molar-refractivity contribution in [3.05, 3.63) is 192 Å². The molecule has 1 N–H and O–H groups in total. The van der Waals surface area contributed by atoms with Crippen molar-refractivity contribution < 1.29 is 34.4 Å². The summed E-state index contributed by atoms with van der Waals surface area (Å²) in [5, 5.41) is 12.2. The molecule has 0 atom stereocenters. The van der Waals surface area contributed by atoms with E-state index in [1.165, 1.54) is 0 Å². The standard InChI is InChI=1S/C55H46N3O.Pt/c1-35-20-23-39(24-21-35)41-26-27-56-49(34-41)44-32-42(38-14-9-7-10-15-38)31-43(33-44)45-18-13-19-51-52(45)57-54(47-29-37(3)30-48(53(47)59)55(4,5)6)58(51)50-25-22-36(2)28-46(50)40-16-11-8-12-17-40;/h7-32,34,59H,1-6H3;/q-1;/i1D3,2D3;. The number of phenolic OH excluding ortho intramolecular Hbond substituents is 1. The number of pyridine rings is 1. The number of aromatic nitrogens is 3. The molecular formula is C55H46N3OPt-. The second-order valence-electron chi connectivity index (χ2n) is 16.1. The van der Waals surface area contributed by atoms with Crippen LogP contribution in [0.2, 0.25) is 0 Å². The number of fused-ring (bicyclic) bond motifs is 1. The van der Waals surface area contributed by atoms with E-state index in [1.54, 1.807) is 30.5 Å². The Hall–Kier alpha value is -6.35. The van der Waals surface area contributed by atoms with Gasteiger partial charge in [0, 0.05) is 52.3 Å². The summed E-state index contributed by atoms with van der Waals surface area (Å²) in [6.07, 6.45) is 1.75. The number of hydrogen-bond acceptors (Lipinski definition) is 3. The van der Waals surface area contributed by atoms with E-state index in [9.17, 15) is 5.11 Å². The van der Waals surface area contributed by atoms with Crippen LogP contribution in [-0.2, 0) is 26.5 Å². The van der Waals surface area contributed by atoms with E-state index in [0.717, 1.165) is 61.2 Å². The zero-order valence-electron chi connectivity index (χ0n) is 39.7. The first kappa shape index (κ1) is 33.5. The molecule has 0 bridgehead atoms. The fourth-order valence-electron chi connectivity index (χ4n) is 7.91. The first-order valence-corrected chi connectivity index (χ1v) is 19.7. The van der Waals surface area contributed by atoms with Gasteiger partial charge in [0.2, 0.25) is 0 Å². The zero-order valence-corrected chi connectivity index (χ0v) is 36.0. The van der Waals surface area contributed by atoms with Crippen LogP contribution in [0.3, 0.4) is 0 Å². The summed E-state index contributed by atoms with van der Waals surface area (Å²) in [4.78, 5) is 10.3. The molecule has 0 unspecified atom stereocenters. The minimum absolute atomic E-state index is 0. The third-order valence-electron chi connectivity index (χ3n) is 10.8. The quantitative estimate of drug-likeness (QED) is 0.162. The Balaban J connectivity index is 0.00000592. The maximum Gasteiger partial charge on any atom is 0.148 e. The fourth-order valence-corrected chi connectivity index (χ4v) is 7.91. The van der Waals surface area contributed by atoms with Crippen LogP contribution in [0.1, 0.15) is 51.2 Å². The monoisotopic (exact) mass is 965 g/mol. The first-order valence-electron chi connectivity index (χ1n) is 22.7. The van der Waals surface area contributed by atoms with Gasteiger partial charge in [-0.05, 0) is 84.2 Å². The third-order valence-corrected chi connectivity index (χ3v) is 10.8. The van der Waals surface area contributed by atoms with E-state index in [1.807, 2.05) is 121 Å². The van der Waals surface area contributed by atoms with Crippen molar-refractivity contribution in [2.24, 2.45) is 0 Å². The second kappa shape index (κ2) is 16.4. The molecule has 0 aliphatic carbocycles. The largest absolute Gasteiger partial charge is 0.507 e. The van der Waals surface area contributed by atoms with Gasteiger partial charge in [0.25, 0.3) is 0 Å². The van der Waals surface area contributed by atoms with E-state index in [-0.39, 0.29) is 43.4 Å². The van der Waals surface area contributed by atoms with Crippen LogP contribution >= 0.6 is 0 Å². The van der Waals surface area contributed by atoms with E-state index < -0.39 is 13.7 Å². The van der Waals surface area contributed by atoms with Crippen molar-refractivity contribution in [1.82, 2.24) is 14.5 Å². The number of rotatable bonds is 7. The summed E-state index contributed by atoms with van der Waals surface area (Å²) in [5.74, 6) is 0.622. The molecule has 298 valence electrons. The van der Waals surface area contributed by atoms with Crippen LogP contribution in [0.15, 0.2) is 164 Å². The molecule has 2 heterocycles. The van der Waals surface area contributed by atoms with E-state index in [2.05, 4.69) is 51.1 Å². The van der Waals surface area contributed by atoms with Gasteiger partial charge in [0.1, 0.15) is 11.6 Å². The van der Waals surface area contributed by atoms with E-state index in [4.69, 9.17) is 18.2 Å². The van der Waals surface area contributed by atoms with Crippen LogP contribution < -0.4 is 0 Å². The van der Waals surface area contributed by atoms with E-state index >= 15 is 0 Å². The number of phenols is 1. The summed E-state index contributed by atoms with van der Waals surface area (Å²) >= 11 is 0. The van der Waals surface area contributed by atoms with Crippen molar-refractivity contribution in [3.8, 4) is 78.6 Å². The van der Waals surface area contributed by atoms with Gasteiger partial charge < -0.3 is 5.11 Å². The van der Waals surface area contributed by atoms with Gasteiger partial charge in [-0.1, -0.05) is 164 Å². The number of para-hydroxylation sites is 1.